The zero-order chi connectivity index (χ0) is 12.3. The van der Waals surface area contributed by atoms with E-state index >= 15 is 0 Å². The number of hydrogen-bond acceptors (Lipinski definition) is 4. The summed E-state index contributed by atoms with van der Waals surface area (Å²) in [6, 6.07) is 0. The number of piperidine rings is 1. The van der Waals surface area contributed by atoms with E-state index in [0.717, 1.165) is 23.9 Å². The van der Waals surface area contributed by atoms with E-state index in [4.69, 9.17) is 5.73 Å². The van der Waals surface area contributed by atoms with E-state index < -0.39 is 0 Å². The third-order valence-corrected chi connectivity index (χ3v) is 5.29. The third kappa shape index (κ3) is 2.63. The van der Waals surface area contributed by atoms with Crippen molar-refractivity contribution in [3.8, 4) is 0 Å². The second-order valence-electron chi connectivity index (χ2n) is 5.02. The van der Waals surface area contributed by atoms with Crippen molar-refractivity contribution in [1.82, 2.24) is 4.98 Å². The van der Waals surface area contributed by atoms with Crippen LogP contribution in [0.3, 0.4) is 0 Å². The lowest BCUT2D eigenvalue weighted by atomic mass is 9.74. The van der Waals surface area contributed by atoms with Crippen LogP contribution in [0.15, 0.2) is 5.38 Å². The predicted molar refractivity (Wildman–Crippen MR) is 74.5 cm³/mol. The van der Waals surface area contributed by atoms with Gasteiger partial charge in [0.25, 0.3) is 0 Å². The molecule has 0 spiro atoms. The highest BCUT2D eigenvalue weighted by Gasteiger charge is 2.31. The second-order valence-corrected chi connectivity index (χ2v) is 5.86. The summed E-state index contributed by atoms with van der Waals surface area (Å²) >= 11 is 1.73. The smallest absolute Gasteiger partial charge is 0.185 e. The topological polar surface area (TPSA) is 42.2 Å². The summed E-state index contributed by atoms with van der Waals surface area (Å²) in [4.78, 5) is 7.00. The first-order valence-corrected chi connectivity index (χ1v) is 7.50. The Morgan fingerprint density at radius 3 is 2.47 bits per heavy atom. The highest BCUT2D eigenvalue weighted by atomic mass is 32.1. The lowest BCUT2D eigenvalue weighted by Crippen LogP contribution is -2.39. The summed E-state index contributed by atoms with van der Waals surface area (Å²) in [7, 11) is 0. The van der Waals surface area contributed by atoms with Crippen LogP contribution in [0.2, 0.25) is 0 Å². The molecule has 17 heavy (non-hydrogen) atoms. The van der Waals surface area contributed by atoms with Gasteiger partial charge in [-0.3, -0.25) is 0 Å². The molecule has 1 aromatic heterocycles. The first-order valence-electron chi connectivity index (χ1n) is 6.62. The molecule has 0 bridgehead atoms. The Hall–Kier alpha value is -0.610. The largest absolute Gasteiger partial charge is 0.348 e. The summed E-state index contributed by atoms with van der Waals surface area (Å²) in [5, 5.41) is 3.24. The monoisotopic (exact) mass is 253 g/mol. The zero-order valence-electron chi connectivity index (χ0n) is 10.9. The van der Waals surface area contributed by atoms with Gasteiger partial charge in [-0.05, 0) is 18.3 Å². The molecule has 2 N–H and O–H groups in total. The number of thiazole rings is 1. The van der Waals surface area contributed by atoms with Crippen molar-refractivity contribution in [1.29, 1.82) is 0 Å². The Morgan fingerprint density at radius 1 is 1.35 bits per heavy atom. The predicted octanol–water partition coefficient (Wildman–Crippen LogP) is 3.01. The van der Waals surface area contributed by atoms with Gasteiger partial charge in [-0.1, -0.05) is 26.7 Å². The summed E-state index contributed by atoms with van der Waals surface area (Å²) in [5.74, 6) is 0. The van der Waals surface area contributed by atoms with Gasteiger partial charge in [0.2, 0.25) is 0 Å². The number of aromatic nitrogens is 1. The molecular formula is C13H23N3S. The lowest BCUT2D eigenvalue weighted by molar-refractivity contribution is 0.199. The van der Waals surface area contributed by atoms with Gasteiger partial charge in [0.05, 0.1) is 5.69 Å². The van der Waals surface area contributed by atoms with Crippen LogP contribution in [0.4, 0.5) is 5.13 Å². The minimum absolute atomic E-state index is 0.554. The van der Waals surface area contributed by atoms with Crippen molar-refractivity contribution in [2.75, 3.05) is 18.0 Å². The molecule has 0 aromatic carbocycles. The summed E-state index contributed by atoms with van der Waals surface area (Å²) < 4.78 is 0. The van der Waals surface area contributed by atoms with Crippen molar-refractivity contribution >= 4 is 16.5 Å². The van der Waals surface area contributed by atoms with Gasteiger partial charge in [0.15, 0.2) is 5.13 Å². The quantitative estimate of drug-likeness (QED) is 0.897. The van der Waals surface area contributed by atoms with E-state index in [1.807, 2.05) is 0 Å². The Balaban J connectivity index is 1.99. The number of rotatable bonds is 4. The molecule has 1 aliphatic rings. The van der Waals surface area contributed by atoms with E-state index in [0.29, 0.717) is 12.0 Å². The average molecular weight is 253 g/mol. The average Bonchev–Trinajstić information content (AvgIpc) is 2.87. The molecule has 0 unspecified atom stereocenters. The number of nitrogens with zero attached hydrogens (tertiary/aromatic N) is 2. The first kappa shape index (κ1) is 12.8. The van der Waals surface area contributed by atoms with Gasteiger partial charge in [-0.15, -0.1) is 11.3 Å². The van der Waals surface area contributed by atoms with Gasteiger partial charge >= 0.3 is 0 Å². The van der Waals surface area contributed by atoms with E-state index in [1.165, 1.54) is 25.7 Å². The Bertz CT molecular complexity index is 347. The van der Waals surface area contributed by atoms with Gasteiger partial charge < -0.3 is 10.6 Å². The molecule has 0 amide bonds. The van der Waals surface area contributed by atoms with E-state index in [2.05, 4.69) is 29.1 Å². The van der Waals surface area contributed by atoms with Crippen LogP contribution in [0.1, 0.15) is 45.2 Å². The minimum Gasteiger partial charge on any atom is -0.348 e. The van der Waals surface area contributed by atoms with E-state index in [1.54, 1.807) is 11.3 Å². The first-order chi connectivity index (χ1) is 8.23. The molecule has 0 saturated carbocycles. The fourth-order valence-corrected chi connectivity index (χ4v) is 3.56. The normalized spacial score (nSPS) is 19.6. The van der Waals surface area contributed by atoms with Crippen molar-refractivity contribution in [2.24, 2.45) is 11.1 Å². The molecule has 96 valence electrons. The van der Waals surface area contributed by atoms with Crippen LogP contribution in [0.5, 0.6) is 0 Å². The maximum Gasteiger partial charge on any atom is 0.185 e. The molecule has 2 heterocycles. The zero-order valence-corrected chi connectivity index (χ0v) is 11.7. The van der Waals surface area contributed by atoms with Gasteiger partial charge in [-0.25, -0.2) is 4.98 Å². The number of nitrogens with two attached hydrogens (primary N) is 1. The van der Waals surface area contributed by atoms with Gasteiger partial charge in [0, 0.05) is 25.0 Å². The van der Waals surface area contributed by atoms with Gasteiger partial charge in [0.1, 0.15) is 0 Å². The van der Waals surface area contributed by atoms with Crippen LogP contribution < -0.4 is 10.6 Å². The van der Waals surface area contributed by atoms with Crippen molar-refractivity contribution in [3.05, 3.63) is 11.1 Å². The fraction of sp³-hybridized carbons (Fsp3) is 0.769. The number of anilines is 1. The Kier molecular flexibility index (Phi) is 4.05. The summed E-state index contributed by atoms with van der Waals surface area (Å²) in [6.07, 6.45) is 5.22. The molecular weight excluding hydrogens is 230 g/mol. The molecule has 0 atom stereocenters. The summed E-state index contributed by atoms with van der Waals surface area (Å²) in [5.41, 5.74) is 7.21. The molecule has 1 aliphatic heterocycles. The lowest BCUT2D eigenvalue weighted by Gasteiger charge is -2.40. The Labute approximate surface area is 108 Å². The summed E-state index contributed by atoms with van der Waals surface area (Å²) in [6.45, 7) is 7.51. The molecule has 4 heteroatoms. The van der Waals surface area contributed by atoms with E-state index in [-0.39, 0.29) is 0 Å². The molecule has 0 radical (unpaired) electrons. The molecule has 0 aliphatic carbocycles. The van der Waals surface area contributed by atoms with Crippen LogP contribution in [-0.4, -0.2) is 18.1 Å². The van der Waals surface area contributed by atoms with Crippen molar-refractivity contribution in [2.45, 2.75) is 46.1 Å². The van der Waals surface area contributed by atoms with Crippen LogP contribution in [-0.2, 0) is 6.54 Å². The minimum atomic E-state index is 0.554. The molecule has 1 saturated heterocycles. The van der Waals surface area contributed by atoms with Crippen molar-refractivity contribution < 1.29 is 0 Å². The third-order valence-electron chi connectivity index (χ3n) is 4.34. The maximum atomic E-state index is 5.60. The van der Waals surface area contributed by atoms with E-state index in [9.17, 15) is 0 Å². The number of hydrogen-bond donors (Lipinski definition) is 1. The van der Waals surface area contributed by atoms with Crippen molar-refractivity contribution in [3.63, 3.8) is 0 Å². The van der Waals surface area contributed by atoms with Gasteiger partial charge in [-0.2, -0.15) is 0 Å². The SMILES string of the molecule is CCC1(CC)CCN(c2nc(CN)cs2)CC1. The maximum absolute atomic E-state index is 5.60. The molecule has 1 aromatic rings. The second kappa shape index (κ2) is 5.36. The fourth-order valence-electron chi connectivity index (χ4n) is 2.66. The van der Waals surface area contributed by atoms with Crippen LogP contribution >= 0.6 is 11.3 Å². The molecule has 3 nitrogen and oxygen atoms in total. The molecule has 2 rings (SSSR count). The highest BCUT2D eigenvalue weighted by molar-refractivity contribution is 7.13. The Morgan fingerprint density at radius 2 is 2.00 bits per heavy atom. The standard InChI is InChI=1S/C13H23N3S/c1-3-13(4-2)5-7-16(8-6-13)12-15-11(9-14)10-17-12/h10H,3-9,14H2,1-2H3. The highest BCUT2D eigenvalue weighted by Crippen LogP contribution is 2.39. The van der Waals surface area contributed by atoms with Crippen LogP contribution in [0, 0.1) is 5.41 Å². The molecule has 1 fully saturated rings. The van der Waals surface area contributed by atoms with Crippen LogP contribution in [0.25, 0.3) is 0 Å².